The van der Waals surface area contributed by atoms with Gasteiger partial charge in [0, 0.05) is 6.54 Å². The molecule has 1 saturated carbocycles. The smallest absolute Gasteiger partial charge is 0.226 e. The van der Waals surface area contributed by atoms with Crippen LogP contribution in [0.15, 0.2) is 0 Å². The fourth-order valence-electron chi connectivity index (χ4n) is 2.81. The molecule has 1 heterocycles. The summed E-state index contributed by atoms with van der Waals surface area (Å²) in [6.45, 7) is 3.18. The van der Waals surface area contributed by atoms with Crippen LogP contribution in [0.25, 0.3) is 0 Å². The van der Waals surface area contributed by atoms with Gasteiger partial charge in [0.2, 0.25) is 5.91 Å². The normalized spacial score (nSPS) is 41.8. The molecule has 2 aliphatic rings. The first-order chi connectivity index (χ1) is 5.73. The van der Waals surface area contributed by atoms with E-state index in [-0.39, 0.29) is 5.41 Å². The fourth-order valence-corrected chi connectivity index (χ4v) is 2.81. The average molecular weight is 167 g/mol. The van der Waals surface area contributed by atoms with Crippen molar-refractivity contribution >= 4 is 5.91 Å². The Morgan fingerprint density at radius 2 is 2.33 bits per heavy atom. The van der Waals surface area contributed by atoms with Gasteiger partial charge in [-0.3, -0.25) is 4.79 Å². The van der Waals surface area contributed by atoms with Gasteiger partial charge in [-0.15, -0.1) is 0 Å². The molecule has 0 aromatic rings. The Kier molecular flexibility index (Phi) is 1.85. The topological polar surface area (TPSA) is 29.1 Å². The molecule has 1 spiro atoms. The molecule has 2 unspecified atom stereocenters. The quantitative estimate of drug-likeness (QED) is 0.584. The van der Waals surface area contributed by atoms with Gasteiger partial charge in [-0.25, -0.2) is 0 Å². The zero-order valence-corrected chi connectivity index (χ0v) is 7.73. The summed E-state index contributed by atoms with van der Waals surface area (Å²) in [5.74, 6) is 1.08. The Morgan fingerprint density at radius 3 is 2.92 bits per heavy atom. The maximum Gasteiger partial charge on any atom is 0.226 e. The predicted molar refractivity (Wildman–Crippen MR) is 47.7 cm³/mol. The Morgan fingerprint density at radius 1 is 1.50 bits per heavy atom. The van der Waals surface area contributed by atoms with Crippen LogP contribution in [0.4, 0.5) is 0 Å². The van der Waals surface area contributed by atoms with Crippen LogP contribution in [-0.2, 0) is 4.79 Å². The molecular formula is C10H17NO. The fraction of sp³-hybridized carbons (Fsp3) is 0.900. The van der Waals surface area contributed by atoms with Crippen molar-refractivity contribution in [2.75, 3.05) is 6.54 Å². The van der Waals surface area contributed by atoms with Crippen LogP contribution in [0, 0.1) is 11.3 Å². The van der Waals surface area contributed by atoms with Crippen LogP contribution in [0.1, 0.15) is 39.0 Å². The van der Waals surface area contributed by atoms with Crippen molar-refractivity contribution in [3.8, 4) is 0 Å². The third-order valence-corrected chi connectivity index (χ3v) is 3.46. The first kappa shape index (κ1) is 8.09. The largest absolute Gasteiger partial charge is 0.356 e. The van der Waals surface area contributed by atoms with E-state index in [9.17, 15) is 4.79 Å². The van der Waals surface area contributed by atoms with Crippen LogP contribution in [0.3, 0.4) is 0 Å². The molecule has 1 aliphatic heterocycles. The molecule has 1 aliphatic carbocycles. The molecule has 2 nitrogen and oxygen atoms in total. The highest BCUT2D eigenvalue weighted by Gasteiger charge is 2.44. The number of hydrogen-bond donors (Lipinski definition) is 1. The standard InChI is InChI=1S/C10H17NO/c1-8-3-2-4-10(7-8)5-6-11-9(10)12/h8H,2-7H2,1H3,(H,11,12). The number of carbonyl (C=O) groups is 1. The van der Waals surface area contributed by atoms with E-state index < -0.39 is 0 Å². The minimum absolute atomic E-state index is 0.0532. The Balaban J connectivity index is 2.13. The van der Waals surface area contributed by atoms with E-state index in [2.05, 4.69) is 12.2 Å². The summed E-state index contributed by atoms with van der Waals surface area (Å²) in [5.41, 5.74) is 0.0532. The zero-order valence-electron chi connectivity index (χ0n) is 7.73. The van der Waals surface area contributed by atoms with Crippen molar-refractivity contribution in [3.05, 3.63) is 0 Å². The predicted octanol–water partition coefficient (Wildman–Crippen LogP) is 1.70. The molecule has 0 aromatic heterocycles. The SMILES string of the molecule is CC1CCCC2(CCNC2=O)C1. The van der Waals surface area contributed by atoms with Gasteiger partial charge in [-0.1, -0.05) is 19.8 Å². The molecule has 1 N–H and O–H groups in total. The second kappa shape index (κ2) is 2.75. The summed E-state index contributed by atoms with van der Waals surface area (Å²) in [7, 11) is 0. The van der Waals surface area contributed by atoms with Gasteiger partial charge in [0.1, 0.15) is 0 Å². The summed E-state index contributed by atoms with van der Waals surface area (Å²) in [6.07, 6.45) is 5.89. The molecule has 0 aromatic carbocycles. The molecule has 0 radical (unpaired) electrons. The molecule has 2 rings (SSSR count). The van der Waals surface area contributed by atoms with Crippen molar-refractivity contribution in [3.63, 3.8) is 0 Å². The number of rotatable bonds is 0. The van der Waals surface area contributed by atoms with Gasteiger partial charge in [0.15, 0.2) is 0 Å². The van der Waals surface area contributed by atoms with Gasteiger partial charge in [0.05, 0.1) is 5.41 Å². The third kappa shape index (κ3) is 1.13. The van der Waals surface area contributed by atoms with Gasteiger partial charge in [0.25, 0.3) is 0 Å². The Hall–Kier alpha value is -0.530. The highest BCUT2D eigenvalue weighted by molar-refractivity contribution is 5.84. The number of carbonyl (C=O) groups excluding carboxylic acids is 1. The maximum absolute atomic E-state index is 11.6. The lowest BCUT2D eigenvalue weighted by molar-refractivity contribution is -0.129. The summed E-state index contributed by atoms with van der Waals surface area (Å²) >= 11 is 0. The lowest BCUT2D eigenvalue weighted by Gasteiger charge is -2.34. The zero-order chi connectivity index (χ0) is 8.60. The van der Waals surface area contributed by atoms with Crippen molar-refractivity contribution in [2.45, 2.75) is 39.0 Å². The minimum Gasteiger partial charge on any atom is -0.356 e. The highest BCUT2D eigenvalue weighted by Crippen LogP contribution is 2.43. The Labute approximate surface area is 73.7 Å². The van der Waals surface area contributed by atoms with Crippen molar-refractivity contribution in [1.29, 1.82) is 0 Å². The van der Waals surface area contributed by atoms with E-state index in [1.807, 2.05) is 0 Å². The summed E-state index contributed by atoms with van der Waals surface area (Å²) in [4.78, 5) is 11.6. The van der Waals surface area contributed by atoms with E-state index in [0.29, 0.717) is 5.91 Å². The van der Waals surface area contributed by atoms with Crippen LogP contribution in [0.5, 0.6) is 0 Å². The van der Waals surface area contributed by atoms with E-state index >= 15 is 0 Å². The highest BCUT2D eigenvalue weighted by atomic mass is 16.2. The molecule has 2 atom stereocenters. The lowest BCUT2D eigenvalue weighted by atomic mass is 9.69. The van der Waals surface area contributed by atoms with Gasteiger partial charge in [-0.2, -0.15) is 0 Å². The van der Waals surface area contributed by atoms with Crippen LogP contribution in [-0.4, -0.2) is 12.5 Å². The molecule has 0 bridgehead atoms. The molecule has 68 valence electrons. The molecule has 12 heavy (non-hydrogen) atoms. The van der Waals surface area contributed by atoms with Crippen LogP contribution < -0.4 is 5.32 Å². The van der Waals surface area contributed by atoms with Crippen LogP contribution in [0.2, 0.25) is 0 Å². The van der Waals surface area contributed by atoms with E-state index in [1.165, 1.54) is 12.8 Å². The first-order valence-electron chi connectivity index (χ1n) is 5.01. The van der Waals surface area contributed by atoms with Gasteiger partial charge < -0.3 is 5.32 Å². The molecular weight excluding hydrogens is 150 g/mol. The second-order valence-corrected chi connectivity index (χ2v) is 4.49. The van der Waals surface area contributed by atoms with E-state index in [4.69, 9.17) is 0 Å². The van der Waals surface area contributed by atoms with Crippen LogP contribution >= 0.6 is 0 Å². The maximum atomic E-state index is 11.6. The van der Waals surface area contributed by atoms with E-state index in [0.717, 1.165) is 31.7 Å². The number of amides is 1. The Bertz CT molecular complexity index is 202. The molecule has 2 fully saturated rings. The number of nitrogens with one attached hydrogen (secondary N) is 1. The minimum atomic E-state index is 0.0532. The van der Waals surface area contributed by atoms with Gasteiger partial charge in [-0.05, 0) is 25.2 Å². The lowest BCUT2D eigenvalue weighted by Crippen LogP contribution is -2.35. The van der Waals surface area contributed by atoms with Gasteiger partial charge >= 0.3 is 0 Å². The van der Waals surface area contributed by atoms with E-state index in [1.54, 1.807) is 0 Å². The van der Waals surface area contributed by atoms with Crippen molar-refractivity contribution in [1.82, 2.24) is 5.32 Å². The number of hydrogen-bond acceptors (Lipinski definition) is 1. The molecule has 1 saturated heterocycles. The summed E-state index contributed by atoms with van der Waals surface area (Å²) < 4.78 is 0. The second-order valence-electron chi connectivity index (χ2n) is 4.49. The van der Waals surface area contributed by atoms with Crippen molar-refractivity contribution in [2.24, 2.45) is 11.3 Å². The molecule has 2 heteroatoms. The first-order valence-corrected chi connectivity index (χ1v) is 5.01. The molecule has 1 amide bonds. The van der Waals surface area contributed by atoms with Crippen molar-refractivity contribution < 1.29 is 4.79 Å². The monoisotopic (exact) mass is 167 g/mol. The third-order valence-electron chi connectivity index (χ3n) is 3.46. The summed E-state index contributed by atoms with van der Waals surface area (Å²) in [6, 6.07) is 0. The summed E-state index contributed by atoms with van der Waals surface area (Å²) in [5, 5.41) is 2.96. The average Bonchev–Trinajstić information content (AvgIpc) is 2.33.